The lowest BCUT2D eigenvalue weighted by Gasteiger charge is -2.06. The molecule has 1 aromatic heterocycles. The molecule has 1 aromatic carbocycles. The third kappa shape index (κ3) is 2.85. The minimum absolute atomic E-state index is 0.202. The average molecular weight is 333 g/mol. The van der Waals surface area contributed by atoms with Crippen molar-refractivity contribution in [3.8, 4) is 0 Å². The van der Waals surface area contributed by atoms with E-state index in [-0.39, 0.29) is 4.90 Å². The SMILES string of the molecule is Cc1csc(NS(=O)(=O)c2ccccc2Br)n1. The number of aryl methyl sites for hydroxylation is 1. The molecule has 0 aliphatic carbocycles. The van der Waals surface area contributed by atoms with Gasteiger partial charge in [0.05, 0.1) is 5.69 Å². The Morgan fingerprint density at radius 3 is 2.65 bits per heavy atom. The molecule has 0 aliphatic rings. The molecule has 0 saturated heterocycles. The molecular formula is C10H9BrN2O2S2. The minimum atomic E-state index is -3.58. The molecule has 2 rings (SSSR count). The van der Waals surface area contributed by atoms with E-state index in [1.807, 2.05) is 6.92 Å². The number of sulfonamides is 1. The molecular weight excluding hydrogens is 324 g/mol. The summed E-state index contributed by atoms with van der Waals surface area (Å²) in [5, 5.41) is 2.16. The van der Waals surface area contributed by atoms with Crippen molar-refractivity contribution < 1.29 is 8.42 Å². The van der Waals surface area contributed by atoms with Gasteiger partial charge in [-0.3, -0.25) is 4.72 Å². The van der Waals surface area contributed by atoms with Gasteiger partial charge in [0.1, 0.15) is 4.90 Å². The standard InChI is InChI=1S/C10H9BrN2O2S2/c1-7-6-16-10(12-7)13-17(14,15)9-5-3-2-4-8(9)11/h2-6H,1H3,(H,12,13). The molecule has 0 fully saturated rings. The molecule has 0 unspecified atom stereocenters. The molecule has 0 saturated carbocycles. The van der Waals surface area contributed by atoms with Gasteiger partial charge in [0.2, 0.25) is 0 Å². The highest BCUT2D eigenvalue weighted by Crippen LogP contribution is 2.24. The molecule has 0 aliphatic heterocycles. The van der Waals surface area contributed by atoms with Gasteiger partial charge in [-0.05, 0) is 35.0 Å². The maximum absolute atomic E-state index is 12.1. The quantitative estimate of drug-likeness (QED) is 0.939. The number of thiazole rings is 1. The van der Waals surface area contributed by atoms with E-state index in [1.165, 1.54) is 17.4 Å². The summed E-state index contributed by atoms with van der Waals surface area (Å²) in [6.45, 7) is 1.81. The maximum atomic E-state index is 12.1. The second kappa shape index (κ2) is 4.75. The fourth-order valence-electron chi connectivity index (χ4n) is 1.23. The van der Waals surface area contributed by atoms with Crippen LogP contribution in [0.5, 0.6) is 0 Å². The third-order valence-electron chi connectivity index (χ3n) is 1.97. The van der Waals surface area contributed by atoms with Crippen molar-refractivity contribution in [2.75, 3.05) is 4.72 Å². The third-order valence-corrected chi connectivity index (χ3v) is 5.32. The Morgan fingerprint density at radius 2 is 2.06 bits per heavy atom. The first-order valence-electron chi connectivity index (χ1n) is 4.68. The van der Waals surface area contributed by atoms with E-state index < -0.39 is 10.0 Å². The number of halogens is 1. The van der Waals surface area contributed by atoms with Crippen LogP contribution in [0.2, 0.25) is 0 Å². The van der Waals surface area contributed by atoms with Gasteiger partial charge >= 0.3 is 0 Å². The van der Waals surface area contributed by atoms with Crippen molar-refractivity contribution in [3.63, 3.8) is 0 Å². The number of aromatic nitrogens is 1. The Balaban J connectivity index is 2.35. The second-order valence-electron chi connectivity index (χ2n) is 3.33. The van der Waals surface area contributed by atoms with Crippen LogP contribution in [0.15, 0.2) is 39.0 Å². The molecule has 2 aromatic rings. The van der Waals surface area contributed by atoms with Gasteiger partial charge in [0, 0.05) is 9.85 Å². The van der Waals surface area contributed by atoms with Gasteiger partial charge in [-0.2, -0.15) is 0 Å². The van der Waals surface area contributed by atoms with Crippen LogP contribution in [-0.2, 0) is 10.0 Å². The van der Waals surface area contributed by atoms with Gasteiger partial charge in [-0.25, -0.2) is 13.4 Å². The van der Waals surface area contributed by atoms with Crippen molar-refractivity contribution in [2.24, 2.45) is 0 Å². The lowest BCUT2D eigenvalue weighted by Crippen LogP contribution is -2.13. The first-order chi connectivity index (χ1) is 7.99. The molecule has 90 valence electrons. The molecule has 0 spiro atoms. The fourth-order valence-corrected chi connectivity index (χ4v) is 4.18. The summed E-state index contributed by atoms with van der Waals surface area (Å²) < 4.78 is 27.1. The predicted molar refractivity (Wildman–Crippen MR) is 71.8 cm³/mol. The summed E-state index contributed by atoms with van der Waals surface area (Å²) in [5.74, 6) is 0. The molecule has 0 bridgehead atoms. The Hall–Kier alpha value is -0.920. The van der Waals surface area contributed by atoms with Gasteiger partial charge in [0.15, 0.2) is 5.13 Å². The van der Waals surface area contributed by atoms with Gasteiger partial charge in [-0.15, -0.1) is 11.3 Å². The summed E-state index contributed by atoms with van der Waals surface area (Å²) in [4.78, 5) is 4.27. The zero-order chi connectivity index (χ0) is 12.5. The summed E-state index contributed by atoms with van der Waals surface area (Å²) in [6.07, 6.45) is 0. The van der Waals surface area contributed by atoms with E-state index in [0.717, 1.165) is 5.69 Å². The largest absolute Gasteiger partial charge is 0.264 e. The number of nitrogens with one attached hydrogen (secondary N) is 1. The first kappa shape index (κ1) is 12.5. The second-order valence-corrected chi connectivity index (χ2v) is 6.69. The molecule has 7 heteroatoms. The van der Waals surface area contributed by atoms with E-state index in [1.54, 1.807) is 23.6 Å². The smallest absolute Gasteiger partial charge is 0.255 e. The van der Waals surface area contributed by atoms with Crippen molar-refractivity contribution in [1.82, 2.24) is 4.98 Å². The maximum Gasteiger partial charge on any atom is 0.264 e. The van der Waals surface area contributed by atoms with Gasteiger partial charge in [0.25, 0.3) is 10.0 Å². The average Bonchev–Trinajstić information content (AvgIpc) is 2.63. The zero-order valence-electron chi connectivity index (χ0n) is 8.84. The van der Waals surface area contributed by atoms with E-state index in [9.17, 15) is 8.42 Å². The van der Waals surface area contributed by atoms with Crippen LogP contribution in [0.3, 0.4) is 0 Å². The number of hydrogen-bond acceptors (Lipinski definition) is 4. The Bertz CT molecular complexity index is 637. The van der Waals surface area contributed by atoms with Gasteiger partial charge in [-0.1, -0.05) is 12.1 Å². The summed E-state index contributed by atoms with van der Waals surface area (Å²) in [5.41, 5.74) is 0.792. The molecule has 4 nitrogen and oxygen atoms in total. The highest BCUT2D eigenvalue weighted by molar-refractivity contribution is 9.10. The first-order valence-corrected chi connectivity index (χ1v) is 7.84. The van der Waals surface area contributed by atoms with Crippen molar-refractivity contribution in [2.45, 2.75) is 11.8 Å². The Kier molecular flexibility index (Phi) is 3.50. The molecule has 1 N–H and O–H groups in total. The summed E-state index contributed by atoms with van der Waals surface area (Å²) in [7, 11) is -3.58. The molecule has 0 amide bonds. The number of anilines is 1. The van der Waals surface area contributed by atoms with Crippen LogP contribution >= 0.6 is 27.3 Å². The topological polar surface area (TPSA) is 59.1 Å². The van der Waals surface area contributed by atoms with Gasteiger partial charge < -0.3 is 0 Å². The van der Waals surface area contributed by atoms with Crippen LogP contribution in [0, 0.1) is 6.92 Å². The van der Waals surface area contributed by atoms with Crippen LogP contribution in [-0.4, -0.2) is 13.4 Å². The van der Waals surface area contributed by atoms with E-state index >= 15 is 0 Å². The Labute approximate surface area is 112 Å². The molecule has 1 heterocycles. The highest BCUT2D eigenvalue weighted by Gasteiger charge is 2.18. The van der Waals surface area contributed by atoms with Crippen LogP contribution in [0.4, 0.5) is 5.13 Å². The number of benzene rings is 1. The predicted octanol–water partition coefficient (Wildman–Crippen LogP) is 3.01. The van der Waals surface area contributed by atoms with E-state index in [0.29, 0.717) is 9.60 Å². The van der Waals surface area contributed by atoms with E-state index in [4.69, 9.17) is 0 Å². The van der Waals surface area contributed by atoms with E-state index in [2.05, 4.69) is 25.6 Å². The monoisotopic (exact) mass is 332 g/mol. The summed E-state index contributed by atoms with van der Waals surface area (Å²) >= 11 is 4.47. The lowest BCUT2D eigenvalue weighted by molar-refractivity contribution is 0.600. The van der Waals surface area contributed by atoms with Crippen molar-refractivity contribution >= 4 is 42.4 Å². The Morgan fingerprint density at radius 1 is 1.35 bits per heavy atom. The van der Waals surface area contributed by atoms with Crippen LogP contribution in [0.1, 0.15) is 5.69 Å². The number of hydrogen-bond donors (Lipinski definition) is 1. The lowest BCUT2D eigenvalue weighted by atomic mass is 10.4. The normalized spacial score (nSPS) is 11.4. The van der Waals surface area contributed by atoms with Crippen LogP contribution < -0.4 is 4.72 Å². The minimum Gasteiger partial charge on any atom is -0.255 e. The van der Waals surface area contributed by atoms with Crippen LogP contribution in [0.25, 0.3) is 0 Å². The molecule has 17 heavy (non-hydrogen) atoms. The molecule has 0 atom stereocenters. The van der Waals surface area contributed by atoms with Crippen molar-refractivity contribution in [3.05, 3.63) is 39.8 Å². The summed E-state index contributed by atoms with van der Waals surface area (Å²) in [6, 6.07) is 6.65. The highest BCUT2D eigenvalue weighted by atomic mass is 79.9. The number of rotatable bonds is 3. The number of nitrogens with zero attached hydrogens (tertiary/aromatic N) is 1. The van der Waals surface area contributed by atoms with Crippen molar-refractivity contribution in [1.29, 1.82) is 0 Å². The zero-order valence-corrected chi connectivity index (χ0v) is 12.1. The molecule has 0 radical (unpaired) electrons. The fraction of sp³-hybridized carbons (Fsp3) is 0.100.